The first-order valence-electron chi connectivity index (χ1n) is 9.28. The summed E-state index contributed by atoms with van der Waals surface area (Å²) in [6.45, 7) is 4.30. The van der Waals surface area contributed by atoms with E-state index in [-0.39, 0.29) is 17.4 Å². The van der Waals surface area contributed by atoms with Gasteiger partial charge in [0.2, 0.25) is 5.91 Å². The number of aromatic amines is 1. The van der Waals surface area contributed by atoms with Crippen LogP contribution in [0.2, 0.25) is 0 Å². The number of nitrogens with one attached hydrogen (secondary N) is 2. The van der Waals surface area contributed by atoms with E-state index in [1.807, 2.05) is 25.1 Å². The van der Waals surface area contributed by atoms with E-state index in [0.717, 1.165) is 18.8 Å². The van der Waals surface area contributed by atoms with Crippen molar-refractivity contribution < 1.29 is 4.79 Å². The number of hydrogen-bond acceptors (Lipinski definition) is 3. The molecule has 0 saturated heterocycles. The molecule has 1 saturated carbocycles. The first-order chi connectivity index (χ1) is 12.0. The number of H-pyrrole nitrogens is 1. The van der Waals surface area contributed by atoms with Crippen LogP contribution in [0.5, 0.6) is 0 Å². The maximum Gasteiger partial charge on any atom is 0.258 e. The molecular formula is C20H27N3O2. The van der Waals surface area contributed by atoms with E-state index in [4.69, 9.17) is 0 Å². The highest BCUT2D eigenvalue weighted by molar-refractivity contribution is 5.77. The Bertz CT molecular complexity index is 791. The average molecular weight is 341 g/mol. The Morgan fingerprint density at radius 3 is 2.76 bits per heavy atom. The molecule has 0 aliphatic heterocycles. The maximum atomic E-state index is 12.3. The van der Waals surface area contributed by atoms with Gasteiger partial charge >= 0.3 is 0 Å². The van der Waals surface area contributed by atoms with E-state index in [1.165, 1.54) is 12.8 Å². The van der Waals surface area contributed by atoms with Gasteiger partial charge in [-0.05, 0) is 49.7 Å². The Balaban J connectivity index is 1.56. The topological polar surface area (TPSA) is 74.8 Å². The Hall–Kier alpha value is -2.17. The van der Waals surface area contributed by atoms with E-state index < -0.39 is 0 Å². The third-order valence-electron chi connectivity index (χ3n) is 5.12. The highest BCUT2D eigenvalue weighted by Crippen LogP contribution is 2.23. The van der Waals surface area contributed by atoms with Crippen molar-refractivity contribution >= 4 is 16.8 Å². The van der Waals surface area contributed by atoms with Crippen molar-refractivity contribution in [2.24, 2.45) is 11.8 Å². The van der Waals surface area contributed by atoms with Crippen molar-refractivity contribution in [3.8, 4) is 0 Å². The summed E-state index contributed by atoms with van der Waals surface area (Å²) in [5.41, 5.74) is 0.586. The molecule has 5 heteroatoms. The lowest BCUT2D eigenvalue weighted by molar-refractivity contribution is -0.122. The van der Waals surface area contributed by atoms with Gasteiger partial charge in [-0.2, -0.15) is 0 Å². The second kappa shape index (κ2) is 7.81. The molecule has 25 heavy (non-hydrogen) atoms. The number of hydrogen-bond donors (Lipinski definition) is 2. The summed E-state index contributed by atoms with van der Waals surface area (Å²) in [6, 6.07) is 7.65. The monoisotopic (exact) mass is 341 g/mol. The van der Waals surface area contributed by atoms with Crippen molar-refractivity contribution in [1.82, 2.24) is 15.3 Å². The fourth-order valence-corrected chi connectivity index (χ4v) is 3.64. The van der Waals surface area contributed by atoms with Crippen LogP contribution in [-0.4, -0.2) is 21.9 Å². The van der Waals surface area contributed by atoms with Crippen molar-refractivity contribution in [3.05, 3.63) is 40.4 Å². The van der Waals surface area contributed by atoms with Crippen LogP contribution in [-0.2, 0) is 11.2 Å². The number of aromatic nitrogens is 2. The average Bonchev–Trinajstić information content (AvgIpc) is 2.57. The first-order valence-corrected chi connectivity index (χ1v) is 9.28. The Morgan fingerprint density at radius 2 is 2.00 bits per heavy atom. The Morgan fingerprint density at radius 1 is 1.28 bits per heavy atom. The molecule has 1 aliphatic carbocycles. The number of para-hydroxylation sites is 1. The molecule has 0 spiro atoms. The third kappa shape index (κ3) is 4.68. The fourth-order valence-electron chi connectivity index (χ4n) is 3.64. The van der Waals surface area contributed by atoms with Crippen molar-refractivity contribution in [2.45, 2.75) is 58.4 Å². The lowest BCUT2D eigenvalue weighted by Gasteiger charge is -2.27. The van der Waals surface area contributed by atoms with E-state index in [9.17, 15) is 9.59 Å². The largest absolute Gasteiger partial charge is 0.353 e. The normalized spacial score (nSPS) is 21.8. The van der Waals surface area contributed by atoms with Gasteiger partial charge in [0.05, 0.1) is 10.9 Å². The molecule has 134 valence electrons. The molecular weight excluding hydrogens is 314 g/mol. The zero-order valence-corrected chi connectivity index (χ0v) is 15.0. The maximum absolute atomic E-state index is 12.3. The van der Waals surface area contributed by atoms with Crippen LogP contribution in [0.15, 0.2) is 29.1 Å². The van der Waals surface area contributed by atoms with Crippen molar-refractivity contribution in [3.63, 3.8) is 0 Å². The third-order valence-corrected chi connectivity index (χ3v) is 5.12. The van der Waals surface area contributed by atoms with Gasteiger partial charge in [-0.25, -0.2) is 4.98 Å². The van der Waals surface area contributed by atoms with Crippen LogP contribution in [0.1, 0.15) is 51.8 Å². The van der Waals surface area contributed by atoms with Crippen LogP contribution < -0.4 is 10.9 Å². The second-order valence-electron chi connectivity index (χ2n) is 7.57. The van der Waals surface area contributed by atoms with Gasteiger partial charge in [-0.15, -0.1) is 0 Å². The SMILES string of the molecule is CC1CCC(NC(=O)C[C@@H](C)Cc2nc3ccccc3c(=O)[nH]2)CC1. The number of carbonyl (C=O) groups is 1. The van der Waals surface area contributed by atoms with Crippen LogP contribution in [0.3, 0.4) is 0 Å². The summed E-state index contributed by atoms with van der Waals surface area (Å²) in [5, 5.41) is 3.77. The van der Waals surface area contributed by atoms with Crippen LogP contribution in [0.4, 0.5) is 0 Å². The molecule has 2 N–H and O–H groups in total. The predicted molar refractivity (Wildman–Crippen MR) is 99.4 cm³/mol. The van der Waals surface area contributed by atoms with E-state index in [2.05, 4.69) is 22.2 Å². The van der Waals surface area contributed by atoms with Crippen molar-refractivity contribution in [2.75, 3.05) is 0 Å². The molecule has 1 aromatic heterocycles. The minimum Gasteiger partial charge on any atom is -0.353 e. The Labute approximate surface area is 148 Å². The second-order valence-corrected chi connectivity index (χ2v) is 7.57. The fraction of sp³-hybridized carbons (Fsp3) is 0.550. The molecule has 2 aromatic rings. The van der Waals surface area contributed by atoms with Gasteiger partial charge in [-0.3, -0.25) is 9.59 Å². The van der Waals surface area contributed by atoms with Gasteiger partial charge in [-0.1, -0.05) is 26.0 Å². The smallest absolute Gasteiger partial charge is 0.258 e. The van der Waals surface area contributed by atoms with E-state index >= 15 is 0 Å². The molecule has 1 fully saturated rings. The summed E-state index contributed by atoms with van der Waals surface area (Å²) < 4.78 is 0. The summed E-state index contributed by atoms with van der Waals surface area (Å²) in [6.07, 6.45) is 5.62. The van der Waals surface area contributed by atoms with E-state index in [0.29, 0.717) is 35.6 Å². The van der Waals surface area contributed by atoms with Crippen LogP contribution in [0, 0.1) is 11.8 Å². The molecule has 0 unspecified atom stereocenters. The standard InChI is InChI=1S/C20H27N3O2/c1-13-7-9-15(10-8-13)21-19(24)12-14(2)11-18-22-17-6-4-3-5-16(17)20(25)23-18/h3-6,13-15H,7-12H2,1-2H3,(H,21,24)(H,22,23,25)/t13?,14-,15?/m0/s1. The minimum absolute atomic E-state index is 0.107. The van der Waals surface area contributed by atoms with E-state index in [1.54, 1.807) is 6.07 Å². The van der Waals surface area contributed by atoms with Gasteiger partial charge < -0.3 is 10.3 Å². The lowest BCUT2D eigenvalue weighted by atomic mass is 9.87. The molecule has 0 bridgehead atoms. The van der Waals surface area contributed by atoms with Crippen LogP contribution >= 0.6 is 0 Å². The molecule has 1 atom stereocenters. The summed E-state index contributed by atoms with van der Waals surface area (Å²) >= 11 is 0. The quantitative estimate of drug-likeness (QED) is 0.877. The zero-order chi connectivity index (χ0) is 17.8. The molecule has 1 aromatic carbocycles. The Kier molecular flexibility index (Phi) is 5.51. The zero-order valence-electron chi connectivity index (χ0n) is 15.0. The summed E-state index contributed by atoms with van der Waals surface area (Å²) in [5.74, 6) is 1.67. The number of carbonyl (C=O) groups excluding carboxylic acids is 1. The van der Waals surface area contributed by atoms with Crippen LogP contribution in [0.25, 0.3) is 10.9 Å². The molecule has 0 radical (unpaired) electrons. The number of benzene rings is 1. The summed E-state index contributed by atoms with van der Waals surface area (Å²) in [4.78, 5) is 31.7. The van der Waals surface area contributed by atoms with Gasteiger partial charge in [0.1, 0.15) is 5.82 Å². The molecule has 1 aliphatic rings. The summed E-state index contributed by atoms with van der Waals surface area (Å²) in [7, 11) is 0. The predicted octanol–water partition coefficient (Wildman–Crippen LogP) is 3.19. The number of fused-ring (bicyclic) bond motifs is 1. The molecule has 3 rings (SSSR count). The molecule has 1 heterocycles. The molecule has 1 amide bonds. The number of nitrogens with zero attached hydrogens (tertiary/aromatic N) is 1. The molecule has 5 nitrogen and oxygen atoms in total. The highest BCUT2D eigenvalue weighted by Gasteiger charge is 2.20. The van der Waals surface area contributed by atoms with Gasteiger partial charge in [0, 0.05) is 18.9 Å². The number of amides is 1. The first kappa shape index (κ1) is 17.6. The lowest BCUT2D eigenvalue weighted by Crippen LogP contribution is -2.38. The van der Waals surface area contributed by atoms with Gasteiger partial charge in [0.15, 0.2) is 0 Å². The number of rotatable bonds is 5. The highest BCUT2D eigenvalue weighted by atomic mass is 16.1. The van der Waals surface area contributed by atoms with Crippen molar-refractivity contribution in [1.29, 1.82) is 0 Å². The minimum atomic E-state index is -0.117. The van der Waals surface area contributed by atoms with Gasteiger partial charge in [0.25, 0.3) is 5.56 Å².